The van der Waals surface area contributed by atoms with Crippen LogP contribution in [0.15, 0.2) is 72.8 Å². The molecule has 0 saturated carbocycles. The van der Waals surface area contributed by atoms with E-state index in [1.807, 2.05) is 54.6 Å². The van der Waals surface area contributed by atoms with Gasteiger partial charge in [0.25, 0.3) is 5.91 Å². The fourth-order valence-corrected chi connectivity index (χ4v) is 4.31. The van der Waals surface area contributed by atoms with Gasteiger partial charge in [0.05, 0.1) is 0 Å². The first-order valence-electron chi connectivity index (χ1n) is 11.5. The van der Waals surface area contributed by atoms with Gasteiger partial charge in [-0.3, -0.25) is 9.69 Å². The third-order valence-electron chi connectivity index (χ3n) is 6.23. The average molecular weight is 462 g/mol. The number of halogens is 1. The number of nitrogens with one attached hydrogen (secondary N) is 1. The second-order valence-electron chi connectivity index (χ2n) is 9.68. The third-order valence-corrected chi connectivity index (χ3v) is 6.60. The molecule has 1 aliphatic heterocycles. The van der Waals surface area contributed by atoms with E-state index in [1.54, 1.807) is 0 Å². The largest absolute Gasteiger partial charge is 0.369 e. The monoisotopic (exact) mass is 461 g/mol. The number of carbonyl (C=O) groups is 1. The summed E-state index contributed by atoms with van der Waals surface area (Å²) in [5, 5.41) is 3.84. The quantitative estimate of drug-likeness (QED) is 0.490. The Hall–Kier alpha value is -2.82. The number of amides is 1. The van der Waals surface area contributed by atoms with Crippen LogP contribution >= 0.6 is 11.6 Å². The Balaban J connectivity index is 1.30. The molecule has 1 amide bonds. The van der Waals surface area contributed by atoms with Gasteiger partial charge < -0.3 is 10.2 Å². The molecule has 1 saturated heterocycles. The molecule has 172 valence electrons. The number of piperazine rings is 1. The van der Waals surface area contributed by atoms with Crippen LogP contribution in [0.3, 0.4) is 0 Å². The van der Waals surface area contributed by atoms with Crippen LogP contribution in [0.4, 0.5) is 11.4 Å². The van der Waals surface area contributed by atoms with Crippen molar-refractivity contribution < 1.29 is 4.79 Å². The maximum atomic E-state index is 12.6. The summed E-state index contributed by atoms with van der Waals surface area (Å²) in [5.41, 5.74) is 5.13. The second-order valence-corrected chi connectivity index (χ2v) is 10.1. The molecule has 0 bridgehead atoms. The van der Waals surface area contributed by atoms with Crippen LogP contribution in [-0.2, 0) is 12.0 Å². The molecule has 1 heterocycles. The van der Waals surface area contributed by atoms with E-state index < -0.39 is 0 Å². The Morgan fingerprint density at radius 2 is 1.52 bits per heavy atom. The molecule has 0 atom stereocenters. The van der Waals surface area contributed by atoms with Crippen molar-refractivity contribution >= 4 is 28.9 Å². The Bertz CT molecular complexity index is 1080. The predicted molar refractivity (Wildman–Crippen MR) is 138 cm³/mol. The SMILES string of the molecule is CC(C)(C)c1ccc(C(=O)Nc2ccc(N3CCN(Cc4ccccc4Cl)CC3)cc2)cc1. The number of nitrogens with zero attached hydrogens (tertiary/aromatic N) is 2. The molecular weight excluding hydrogens is 430 g/mol. The number of rotatable bonds is 5. The zero-order valence-electron chi connectivity index (χ0n) is 19.6. The highest BCUT2D eigenvalue weighted by molar-refractivity contribution is 6.31. The Morgan fingerprint density at radius 3 is 2.12 bits per heavy atom. The highest BCUT2D eigenvalue weighted by atomic mass is 35.5. The molecule has 1 N–H and O–H groups in total. The molecule has 0 radical (unpaired) electrons. The molecule has 0 aromatic heterocycles. The minimum Gasteiger partial charge on any atom is -0.369 e. The topological polar surface area (TPSA) is 35.6 Å². The summed E-state index contributed by atoms with van der Waals surface area (Å²) >= 11 is 6.32. The van der Waals surface area contributed by atoms with Gasteiger partial charge in [0.1, 0.15) is 0 Å². The van der Waals surface area contributed by atoms with Crippen LogP contribution in [0.25, 0.3) is 0 Å². The summed E-state index contributed by atoms with van der Waals surface area (Å²) in [5.74, 6) is -0.0867. The van der Waals surface area contributed by atoms with E-state index in [0.29, 0.717) is 5.56 Å². The van der Waals surface area contributed by atoms with Gasteiger partial charge in [-0.15, -0.1) is 0 Å². The van der Waals surface area contributed by atoms with Gasteiger partial charge in [0.15, 0.2) is 0 Å². The Kier molecular flexibility index (Phi) is 7.06. The predicted octanol–water partition coefficient (Wildman–Crippen LogP) is 6.21. The van der Waals surface area contributed by atoms with Gasteiger partial charge in [-0.1, -0.05) is 62.7 Å². The molecule has 33 heavy (non-hydrogen) atoms. The smallest absolute Gasteiger partial charge is 0.255 e. The van der Waals surface area contributed by atoms with Crippen molar-refractivity contribution in [2.24, 2.45) is 0 Å². The fourth-order valence-electron chi connectivity index (χ4n) is 4.11. The minimum absolute atomic E-state index is 0.0743. The lowest BCUT2D eigenvalue weighted by Crippen LogP contribution is -2.46. The van der Waals surface area contributed by atoms with Crippen LogP contribution in [0, 0.1) is 0 Å². The first kappa shape index (κ1) is 23.3. The Morgan fingerprint density at radius 1 is 0.879 bits per heavy atom. The van der Waals surface area contributed by atoms with Crippen LogP contribution in [0.5, 0.6) is 0 Å². The molecule has 1 fully saturated rings. The summed E-state index contributed by atoms with van der Waals surface area (Å²) < 4.78 is 0. The van der Waals surface area contributed by atoms with Crippen molar-refractivity contribution in [3.63, 3.8) is 0 Å². The van der Waals surface area contributed by atoms with Gasteiger partial charge in [0.2, 0.25) is 0 Å². The van der Waals surface area contributed by atoms with Gasteiger partial charge >= 0.3 is 0 Å². The highest BCUT2D eigenvalue weighted by Crippen LogP contribution is 2.24. The van der Waals surface area contributed by atoms with Gasteiger partial charge in [-0.05, 0) is 59.0 Å². The van der Waals surface area contributed by atoms with Gasteiger partial charge in [0, 0.05) is 54.7 Å². The molecule has 4 nitrogen and oxygen atoms in total. The molecular formula is C28H32ClN3O. The van der Waals surface area contributed by atoms with Crippen LogP contribution in [0.1, 0.15) is 42.3 Å². The number of hydrogen-bond donors (Lipinski definition) is 1. The van der Waals surface area contributed by atoms with E-state index in [2.05, 4.69) is 54.1 Å². The zero-order valence-corrected chi connectivity index (χ0v) is 20.4. The van der Waals surface area contributed by atoms with Gasteiger partial charge in [-0.2, -0.15) is 0 Å². The van der Waals surface area contributed by atoms with Crippen molar-refractivity contribution in [1.29, 1.82) is 0 Å². The number of anilines is 2. The molecule has 4 rings (SSSR count). The first-order chi connectivity index (χ1) is 15.8. The van der Waals surface area contributed by atoms with Crippen molar-refractivity contribution in [2.75, 3.05) is 36.4 Å². The maximum absolute atomic E-state index is 12.6. The molecule has 3 aromatic rings. The average Bonchev–Trinajstić information content (AvgIpc) is 2.81. The highest BCUT2D eigenvalue weighted by Gasteiger charge is 2.18. The van der Waals surface area contributed by atoms with Crippen LogP contribution in [-0.4, -0.2) is 37.0 Å². The lowest BCUT2D eigenvalue weighted by Gasteiger charge is -2.36. The molecule has 0 unspecified atom stereocenters. The molecule has 0 aliphatic carbocycles. The van der Waals surface area contributed by atoms with Crippen LogP contribution < -0.4 is 10.2 Å². The normalized spacial score (nSPS) is 14.8. The summed E-state index contributed by atoms with van der Waals surface area (Å²) in [7, 11) is 0. The van der Waals surface area contributed by atoms with Crippen molar-refractivity contribution in [1.82, 2.24) is 4.90 Å². The lowest BCUT2D eigenvalue weighted by molar-refractivity contribution is 0.102. The number of carbonyl (C=O) groups excluding carboxylic acids is 1. The molecule has 1 aliphatic rings. The van der Waals surface area contributed by atoms with Crippen molar-refractivity contribution in [3.05, 3.63) is 94.5 Å². The van der Waals surface area contributed by atoms with Crippen molar-refractivity contribution in [3.8, 4) is 0 Å². The van der Waals surface area contributed by atoms with Gasteiger partial charge in [-0.25, -0.2) is 0 Å². The number of hydrogen-bond acceptors (Lipinski definition) is 3. The standard InChI is InChI=1S/C28H32ClN3O/c1-28(2,3)23-10-8-21(9-11-23)27(33)30-24-12-14-25(15-13-24)32-18-16-31(17-19-32)20-22-6-4-5-7-26(22)29/h4-15H,16-20H2,1-3H3,(H,30,33). The van der Waals surface area contributed by atoms with E-state index >= 15 is 0 Å². The second kappa shape index (κ2) is 9.98. The molecule has 3 aromatic carbocycles. The first-order valence-corrected chi connectivity index (χ1v) is 11.9. The zero-order chi connectivity index (χ0) is 23.4. The summed E-state index contributed by atoms with van der Waals surface area (Å²) in [6.45, 7) is 11.3. The Labute approximate surface area is 202 Å². The van der Waals surface area contributed by atoms with E-state index in [4.69, 9.17) is 11.6 Å². The maximum Gasteiger partial charge on any atom is 0.255 e. The van der Waals surface area contributed by atoms with E-state index in [9.17, 15) is 4.79 Å². The summed E-state index contributed by atoms with van der Waals surface area (Å²) in [6.07, 6.45) is 0. The summed E-state index contributed by atoms with van der Waals surface area (Å²) in [6, 6.07) is 24.0. The van der Waals surface area contributed by atoms with E-state index in [1.165, 1.54) is 16.8 Å². The molecule has 0 spiro atoms. The third kappa shape index (κ3) is 5.95. The lowest BCUT2D eigenvalue weighted by atomic mass is 9.87. The number of benzene rings is 3. The van der Waals surface area contributed by atoms with E-state index in [0.717, 1.165) is 43.4 Å². The summed E-state index contributed by atoms with van der Waals surface area (Å²) in [4.78, 5) is 17.5. The van der Waals surface area contributed by atoms with Crippen molar-refractivity contribution in [2.45, 2.75) is 32.7 Å². The molecule has 5 heteroatoms. The minimum atomic E-state index is -0.0867. The van der Waals surface area contributed by atoms with Crippen LogP contribution in [0.2, 0.25) is 5.02 Å². The fraction of sp³-hybridized carbons (Fsp3) is 0.321. The van der Waals surface area contributed by atoms with E-state index in [-0.39, 0.29) is 11.3 Å².